The Morgan fingerprint density at radius 2 is 2.00 bits per heavy atom. The Morgan fingerprint density at radius 3 is 2.63 bits per heavy atom. The van der Waals surface area contributed by atoms with Gasteiger partial charge in [0.25, 0.3) is 0 Å². The number of halogens is 1. The summed E-state index contributed by atoms with van der Waals surface area (Å²) in [5, 5.41) is 0. The zero-order valence-corrected chi connectivity index (χ0v) is 12.9. The van der Waals surface area contributed by atoms with Crippen LogP contribution in [0.4, 0.5) is 0 Å². The molecular formula is C12H15IO6. The summed E-state index contributed by atoms with van der Waals surface area (Å²) in [4.78, 5) is 22.9. The number of methoxy groups -OCH3 is 1. The van der Waals surface area contributed by atoms with Crippen LogP contribution in [-0.4, -0.2) is 47.1 Å². The van der Waals surface area contributed by atoms with Crippen molar-refractivity contribution in [2.24, 2.45) is 0 Å². The van der Waals surface area contributed by atoms with E-state index >= 15 is 0 Å². The average molecular weight is 382 g/mol. The number of cyclic esters (lactones) is 1. The topological polar surface area (TPSA) is 71.1 Å². The van der Waals surface area contributed by atoms with Crippen molar-refractivity contribution in [1.82, 2.24) is 0 Å². The molecule has 2 aliphatic rings. The maximum atomic E-state index is 11.8. The highest BCUT2D eigenvalue weighted by Gasteiger charge is 2.54. The lowest BCUT2D eigenvalue weighted by Gasteiger charge is -2.31. The van der Waals surface area contributed by atoms with E-state index in [9.17, 15) is 9.59 Å². The van der Waals surface area contributed by atoms with Gasteiger partial charge in [-0.25, -0.2) is 4.79 Å². The van der Waals surface area contributed by atoms with Crippen LogP contribution in [0.25, 0.3) is 0 Å². The van der Waals surface area contributed by atoms with Gasteiger partial charge in [0, 0.05) is 6.08 Å². The molecule has 0 amide bonds. The summed E-state index contributed by atoms with van der Waals surface area (Å²) in [7, 11) is 1.28. The highest BCUT2D eigenvalue weighted by atomic mass is 127. The number of ether oxygens (including phenoxy) is 4. The van der Waals surface area contributed by atoms with Crippen LogP contribution in [0.2, 0.25) is 0 Å². The smallest absolute Gasteiger partial charge is 0.330 e. The average Bonchev–Trinajstić information content (AvgIpc) is 2.68. The molecule has 0 bridgehead atoms. The maximum absolute atomic E-state index is 11.8. The van der Waals surface area contributed by atoms with Crippen LogP contribution >= 0.6 is 22.6 Å². The van der Waals surface area contributed by atoms with Crippen molar-refractivity contribution in [3.05, 3.63) is 12.2 Å². The van der Waals surface area contributed by atoms with Gasteiger partial charge in [-0.15, -0.1) is 0 Å². The van der Waals surface area contributed by atoms with Crippen LogP contribution < -0.4 is 0 Å². The molecular weight excluding hydrogens is 367 g/mol. The summed E-state index contributed by atoms with van der Waals surface area (Å²) in [6.07, 6.45) is 1.23. The number of hydrogen-bond donors (Lipinski definition) is 0. The molecule has 0 N–H and O–H groups in total. The summed E-state index contributed by atoms with van der Waals surface area (Å²) in [6, 6.07) is 0. The molecule has 4 atom stereocenters. The predicted octanol–water partition coefficient (Wildman–Crippen LogP) is 0.965. The van der Waals surface area contributed by atoms with E-state index in [1.807, 2.05) is 22.6 Å². The normalized spacial score (nSPS) is 36.9. The fourth-order valence-corrected chi connectivity index (χ4v) is 2.79. The highest BCUT2D eigenvalue weighted by molar-refractivity contribution is 14.1. The van der Waals surface area contributed by atoms with E-state index in [0.717, 1.165) is 0 Å². The molecule has 106 valence electrons. The van der Waals surface area contributed by atoms with E-state index in [-0.39, 0.29) is 12.1 Å². The third-order valence-electron chi connectivity index (χ3n) is 2.88. The van der Waals surface area contributed by atoms with E-state index in [1.54, 1.807) is 13.8 Å². The maximum Gasteiger partial charge on any atom is 0.330 e. The zero-order chi connectivity index (χ0) is 14.2. The first kappa shape index (κ1) is 14.7. The Balaban J connectivity index is 2.18. The SMILES string of the molecule is COC(=O)/C=C\[C@H]1OC(=O)[C@H](I)[C@H]2OC(C)(C)O[C@H]21. The molecule has 19 heavy (non-hydrogen) atoms. The van der Waals surface area contributed by atoms with Crippen LogP contribution in [0.15, 0.2) is 12.2 Å². The van der Waals surface area contributed by atoms with E-state index in [0.29, 0.717) is 0 Å². The van der Waals surface area contributed by atoms with Gasteiger partial charge >= 0.3 is 11.9 Å². The lowest BCUT2D eigenvalue weighted by atomic mass is 10.0. The molecule has 0 aromatic heterocycles. The summed E-state index contributed by atoms with van der Waals surface area (Å²) >= 11 is 1.98. The van der Waals surface area contributed by atoms with Crippen LogP contribution in [0, 0.1) is 0 Å². The van der Waals surface area contributed by atoms with Crippen molar-refractivity contribution >= 4 is 34.5 Å². The summed E-state index contributed by atoms with van der Waals surface area (Å²) in [5.41, 5.74) is 0. The highest BCUT2D eigenvalue weighted by Crippen LogP contribution is 2.38. The molecule has 2 fully saturated rings. The summed E-state index contributed by atoms with van der Waals surface area (Å²) < 4.78 is 20.8. The molecule has 0 radical (unpaired) electrons. The number of rotatable bonds is 2. The Kier molecular flexibility index (Phi) is 4.17. The van der Waals surface area contributed by atoms with Gasteiger partial charge in [-0.2, -0.15) is 0 Å². The molecule has 6 nitrogen and oxygen atoms in total. The fourth-order valence-electron chi connectivity index (χ4n) is 2.09. The molecule has 2 heterocycles. The van der Waals surface area contributed by atoms with Crippen molar-refractivity contribution in [1.29, 1.82) is 0 Å². The van der Waals surface area contributed by atoms with Gasteiger partial charge < -0.3 is 18.9 Å². The van der Waals surface area contributed by atoms with Crippen molar-refractivity contribution in [2.45, 2.75) is 41.9 Å². The molecule has 0 unspecified atom stereocenters. The number of fused-ring (bicyclic) bond motifs is 1. The van der Waals surface area contributed by atoms with Crippen molar-refractivity contribution < 1.29 is 28.5 Å². The van der Waals surface area contributed by atoms with E-state index < -0.39 is 27.9 Å². The third kappa shape index (κ3) is 3.09. The fraction of sp³-hybridized carbons (Fsp3) is 0.667. The first-order valence-electron chi connectivity index (χ1n) is 5.80. The molecule has 2 aliphatic heterocycles. The van der Waals surface area contributed by atoms with Crippen molar-refractivity contribution in [3.63, 3.8) is 0 Å². The second-order valence-corrected chi connectivity index (χ2v) is 6.09. The van der Waals surface area contributed by atoms with Crippen LogP contribution in [-0.2, 0) is 28.5 Å². The summed E-state index contributed by atoms with van der Waals surface area (Å²) in [5.74, 6) is -1.66. The Bertz CT molecular complexity index is 418. The van der Waals surface area contributed by atoms with Gasteiger partial charge in [0.2, 0.25) is 0 Å². The lowest BCUT2D eigenvalue weighted by Crippen LogP contribution is -2.51. The molecule has 0 saturated carbocycles. The largest absolute Gasteiger partial charge is 0.466 e. The first-order chi connectivity index (χ1) is 8.84. The Labute approximate surface area is 124 Å². The predicted molar refractivity (Wildman–Crippen MR) is 72.7 cm³/mol. The van der Waals surface area contributed by atoms with Gasteiger partial charge in [-0.05, 0) is 19.9 Å². The van der Waals surface area contributed by atoms with E-state index in [1.165, 1.54) is 19.3 Å². The molecule has 0 aromatic rings. The van der Waals surface area contributed by atoms with Crippen LogP contribution in [0.5, 0.6) is 0 Å². The molecule has 0 aliphatic carbocycles. The minimum absolute atomic E-state index is 0.373. The standard InChI is InChI=1S/C12H15IO6/c1-12(2)18-9-6(4-5-7(14)16-3)17-11(15)8(13)10(9)19-12/h4-6,8-10H,1-3H3/b5-4-/t6-,8-,9+,10-/m1/s1. The van der Waals surface area contributed by atoms with Gasteiger partial charge in [0.15, 0.2) is 5.79 Å². The quantitative estimate of drug-likeness (QED) is 0.307. The Morgan fingerprint density at radius 1 is 1.37 bits per heavy atom. The molecule has 0 spiro atoms. The van der Waals surface area contributed by atoms with Gasteiger partial charge in [0.1, 0.15) is 22.2 Å². The number of hydrogen-bond acceptors (Lipinski definition) is 6. The number of carbonyl (C=O) groups is 2. The number of carbonyl (C=O) groups excluding carboxylic acids is 2. The summed E-state index contributed by atoms with van der Waals surface area (Å²) in [6.45, 7) is 3.56. The monoisotopic (exact) mass is 382 g/mol. The minimum atomic E-state index is -0.774. The lowest BCUT2D eigenvalue weighted by molar-refractivity contribution is -0.163. The zero-order valence-electron chi connectivity index (χ0n) is 10.8. The van der Waals surface area contributed by atoms with E-state index in [2.05, 4.69) is 4.74 Å². The van der Waals surface area contributed by atoms with Gasteiger partial charge in [-0.1, -0.05) is 22.6 Å². The van der Waals surface area contributed by atoms with Crippen LogP contribution in [0.3, 0.4) is 0 Å². The van der Waals surface area contributed by atoms with Crippen molar-refractivity contribution in [3.8, 4) is 0 Å². The van der Waals surface area contributed by atoms with Crippen molar-refractivity contribution in [2.75, 3.05) is 7.11 Å². The minimum Gasteiger partial charge on any atom is -0.466 e. The molecule has 2 saturated heterocycles. The Hall–Kier alpha value is -0.670. The van der Waals surface area contributed by atoms with Gasteiger partial charge in [0.05, 0.1) is 7.11 Å². The molecule has 2 rings (SSSR count). The van der Waals surface area contributed by atoms with Gasteiger partial charge in [-0.3, -0.25) is 4.79 Å². The molecule has 0 aromatic carbocycles. The molecule has 7 heteroatoms. The van der Waals surface area contributed by atoms with Crippen LogP contribution in [0.1, 0.15) is 13.8 Å². The van der Waals surface area contributed by atoms with E-state index in [4.69, 9.17) is 14.2 Å². The number of esters is 2. The number of alkyl halides is 1. The second kappa shape index (κ2) is 5.37. The second-order valence-electron chi connectivity index (χ2n) is 4.75. The first-order valence-corrected chi connectivity index (χ1v) is 7.05. The third-order valence-corrected chi connectivity index (χ3v) is 4.09.